The molecule has 3 heterocycles. The molecule has 1 aromatic carbocycles. The number of benzene rings is 1. The Kier molecular flexibility index (Phi) is 7.98. The summed E-state index contributed by atoms with van der Waals surface area (Å²) in [6, 6.07) is 8.22. The van der Waals surface area contributed by atoms with E-state index in [1.54, 1.807) is 37.0 Å². The van der Waals surface area contributed by atoms with Gasteiger partial charge in [0, 0.05) is 18.0 Å². The molecule has 0 saturated carbocycles. The van der Waals surface area contributed by atoms with Gasteiger partial charge < -0.3 is 31.0 Å². The predicted octanol–water partition coefficient (Wildman–Crippen LogP) is 2.00. The fraction of sp³-hybridized carbons (Fsp3) is 0.160. The maximum atomic E-state index is 13.2. The van der Waals surface area contributed by atoms with Gasteiger partial charge in [0.15, 0.2) is 17.2 Å². The molecule has 4 rings (SSSR count). The van der Waals surface area contributed by atoms with Crippen LogP contribution >= 0.6 is 11.9 Å². The fourth-order valence-corrected chi connectivity index (χ4v) is 4.03. The highest BCUT2D eigenvalue weighted by atomic mass is 32.2. The van der Waals surface area contributed by atoms with E-state index >= 15 is 0 Å². The molecule has 192 valence electrons. The van der Waals surface area contributed by atoms with Crippen molar-refractivity contribution in [2.75, 3.05) is 26.6 Å². The van der Waals surface area contributed by atoms with E-state index in [4.69, 9.17) is 25.7 Å². The normalized spacial score (nSPS) is 15.3. The van der Waals surface area contributed by atoms with Crippen molar-refractivity contribution in [3.63, 3.8) is 0 Å². The molecule has 0 atom stereocenters. The predicted molar refractivity (Wildman–Crippen MR) is 142 cm³/mol. The summed E-state index contributed by atoms with van der Waals surface area (Å²) in [5.41, 5.74) is 14.3. The Hall–Kier alpha value is -4.45. The first kappa shape index (κ1) is 25.6. The van der Waals surface area contributed by atoms with Crippen molar-refractivity contribution in [3.8, 4) is 17.2 Å². The van der Waals surface area contributed by atoms with Gasteiger partial charge in [-0.25, -0.2) is 14.4 Å². The number of imidazole rings is 1. The monoisotopic (exact) mass is 523 g/mol. The van der Waals surface area contributed by atoms with Gasteiger partial charge in [-0.3, -0.25) is 4.57 Å². The summed E-state index contributed by atoms with van der Waals surface area (Å²) in [4.78, 5) is 8.60. The molecule has 10 nitrogen and oxygen atoms in total. The summed E-state index contributed by atoms with van der Waals surface area (Å²) >= 11 is 1.00. The van der Waals surface area contributed by atoms with Crippen molar-refractivity contribution in [1.82, 2.24) is 19.9 Å². The third kappa shape index (κ3) is 5.70. The van der Waals surface area contributed by atoms with E-state index in [1.165, 1.54) is 12.1 Å². The van der Waals surface area contributed by atoms with Gasteiger partial charge in [0.2, 0.25) is 0 Å². The number of anilines is 1. The number of allylic oxidation sites excluding steroid dienone is 2. The Morgan fingerprint density at radius 1 is 1.22 bits per heavy atom. The van der Waals surface area contributed by atoms with Crippen molar-refractivity contribution in [2.45, 2.75) is 11.9 Å². The molecule has 0 bridgehead atoms. The van der Waals surface area contributed by atoms with Crippen LogP contribution in [0.1, 0.15) is 6.92 Å². The van der Waals surface area contributed by atoms with E-state index in [0.717, 1.165) is 18.1 Å². The summed E-state index contributed by atoms with van der Waals surface area (Å²) < 4.78 is 36.2. The lowest BCUT2D eigenvalue weighted by Crippen LogP contribution is -2.33. The fourth-order valence-electron chi connectivity index (χ4n) is 3.55. The maximum absolute atomic E-state index is 13.2. The highest BCUT2D eigenvalue weighted by Crippen LogP contribution is 2.31. The molecule has 0 spiro atoms. The zero-order valence-corrected chi connectivity index (χ0v) is 21.3. The molecule has 37 heavy (non-hydrogen) atoms. The summed E-state index contributed by atoms with van der Waals surface area (Å²) in [6.45, 7) is 2.39. The quantitative estimate of drug-likeness (QED) is 0.230. The summed E-state index contributed by atoms with van der Waals surface area (Å²) in [7, 11) is 3.12. The number of aromatic nitrogens is 3. The van der Waals surface area contributed by atoms with E-state index in [9.17, 15) is 4.39 Å². The summed E-state index contributed by atoms with van der Waals surface area (Å²) in [5.74, 6) is 1.50. The Balaban J connectivity index is 1.94. The van der Waals surface area contributed by atoms with Crippen LogP contribution in [0, 0.1) is 5.82 Å². The van der Waals surface area contributed by atoms with Gasteiger partial charge in [-0.05, 0) is 43.3 Å². The van der Waals surface area contributed by atoms with Gasteiger partial charge in [-0.15, -0.1) is 0 Å². The van der Waals surface area contributed by atoms with Crippen LogP contribution in [0.5, 0.6) is 11.5 Å². The second-order valence-electron chi connectivity index (χ2n) is 7.48. The first-order chi connectivity index (χ1) is 17.9. The average molecular weight is 524 g/mol. The smallest absolute Gasteiger partial charge is 0.191 e. The third-order valence-electron chi connectivity index (χ3n) is 5.11. The Morgan fingerprint density at radius 2 is 1.97 bits per heavy atom. The number of pyridine rings is 1. The van der Waals surface area contributed by atoms with Gasteiger partial charge in [-0.2, -0.15) is 4.40 Å². The second kappa shape index (κ2) is 11.5. The number of methoxy groups -OCH3 is 2. The number of nitrogens with two attached hydrogens (primary N) is 2. The first-order valence-corrected chi connectivity index (χ1v) is 11.9. The van der Waals surface area contributed by atoms with Crippen LogP contribution in [0.15, 0.2) is 70.1 Å². The highest BCUT2D eigenvalue weighted by molar-refractivity contribution is 7.98. The molecule has 0 aliphatic carbocycles. The van der Waals surface area contributed by atoms with Gasteiger partial charge >= 0.3 is 0 Å². The second-order valence-corrected chi connectivity index (χ2v) is 8.26. The number of hydrogen-bond acceptors (Lipinski definition) is 9. The Morgan fingerprint density at radius 3 is 2.62 bits per heavy atom. The molecule has 3 aromatic rings. The van der Waals surface area contributed by atoms with E-state index < -0.39 is 5.82 Å². The number of hydrogen-bond donors (Lipinski definition) is 3. The van der Waals surface area contributed by atoms with E-state index in [1.807, 2.05) is 31.2 Å². The van der Waals surface area contributed by atoms with Crippen molar-refractivity contribution >= 4 is 35.4 Å². The van der Waals surface area contributed by atoms with Gasteiger partial charge in [-0.1, -0.05) is 12.1 Å². The number of nitrogen functional groups attached to an aromatic ring is 1. The number of halogens is 1. The maximum Gasteiger partial charge on any atom is 0.191 e. The molecule has 0 radical (unpaired) electrons. The molecule has 1 aliphatic rings. The van der Waals surface area contributed by atoms with Crippen LogP contribution in [0.3, 0.4) is 0 Å². The lowest BCUT2D eigenvalue weighted by molar-refractivity contribution is 0.215. The largest absolute Gasteiger partial charge is 0.494 e. The van der Waals surface area contributed by atoms with E-state index in [-0.39, 0.29) is 11.7 Å². The molecule has 12 heteroatoms. The molecule has 0 fully saturated rings. The number of dihydropyridines is 1. The van der Waals surface area contributed by atoms with Crippen LogP contribution < -0.4 is 37.1 Å². The van der Waals surface area contributed by atoms with Gasteiger partial charge in [0.25, 0.3) is 0 Å². The van der Waals surface area contributed by atoms with Crippen LogP contribution in [-0.4, -0.2) is 41.2 Å². The van der Waals surface area contributed by atoms with Crippen LogP contribution in [0.4, 0.5) is 10.2 Å². The first-order valence-electron chi connectivity index (χ1n) is 11.2. The number of nitrogens with one attached hydrogen (secondary N) is 1. The molecule has 0 unspecified atom stereocenters. The highest BCUT2D eigenvalue weighted by Gasteiger charge is 2.19. The van der Waals surface area contributed by atoms with Crippen molar-refractivity contribution in [3.05, 3.63) is 77.3 Å². The standard InChI is InChI=1S/C25H26FN7O3S/c1-4-36-21-10-5-7-16(30-21)25-31-24(28)17(13-20(27)32-37-22-12-11-15(26)14-29-22)33(25)23-18(34-2)8-6-9-19(23)35-3/h5-14,30H,4H2,1-3H3,(H2,27,32)(H2,28,31). The molecule has 1 aliphatic heterocycles. The van der Waals surface area contributed by atoms with E-state index in [2.05, 4.69) is 19.7 Å². The van der Waals surface area contributed by atoms with Gasteiger partial charge in [0.05, 0.1) is 38.1 Å². The van der Waals surface area contributed by atoms with Gasteiger partial charge in [0.1, 0.15) is 33.9 Å². The molecule has 2 aromatic heterocycles. The lowest BCUT2D eigenvalue weighted by atomic mass is 10.2. The third-order valence-corrected chi connectivity index (χ3v) is 5.84. The van der Waals surface area contributed by atoms with Crippen molar-refractivity contribution < 1.29 is 18.6 Å². The van der Waals surface area contributed by atoms with Crippen molar-refractivity contribution in [1.29, 1.82) is 0 Å². The average Bonchev–Trinajstić information content (AvgIpc) is 3.23. The zero-order valence-electron chi connectivity index (χ0n) is 20.4. The zero-order chi connectivity index (χ0) is 26.4. The number of ether oxygens (including phenoxy) is 3. The lowest BCUT2D eigenvalue weighted by Gasteiger charge is -2.17. The Bertz CT molecular complexity index is 1480. The summed E-state index contributed by atoms with van der Waals surface area (Å²) in [6.07, 6.45) is 8.20. The molecule has 0 saturated heterocycles. The number of rotatable bonds is 8. The van der Waals surface area contributed by atoms with Crippen LogP contribution in [0.2, 0.25) is 0 Å². The van der Waals surface area contributed by atoms with Crippen LogP contribution in [0.25, 0.3) is 17.5 Å². The van der Waals surface area contributed by atoms with Crippen molar-refractivity contribution in [2.24, 2.45) is 10.1 Å². The molecule has 5 N–H and O–H groups in total. The SMILES string of the molecule is CCOC1=CC=CC(=c2nc(N)c(=CC(N)=NSc3ccc(F)cn3)n2-c2c(OC)cccc2OC)N1. The Labute approximate surface area is 217 Å². The number of nitrogens with zero attached hydrogens (tertiary/aromatic N) is 4. The van der Waals surface area contributed by atoms with E-state index in [0.29, 0.717) is 51.2 Å². The van der Waals surface area contributed by atoms with Crippen LogP contribution in [-0.2, 0) is 4.74 Å². The minimum Gasteiger partial charge on any atom is -0.494 e. The molecular formula is C25H26FN7O3S. The minimum absolute atomic E-state index is 0.136. The summed E-state index contributed by atoms with van der Waals surface area (Å²) in [5, 5.41) is 4.16. The molecular weight excluding hydrogens is 497 g/mol. The number of amidine groups is 1. The topological polar surface area (TPSA) is 135 Å². The minimum atomic E-state index is -0.437. The number of para-hydroxylation sites is 1. The molecule has 0 amide bonds.